The van der Waals surface area contributed by atoms with Gasteiger partial charge in [0.15, 0.2) is 6.61 Å². The molecule has 0 saturated heterocycles. The Bertz CT molecular complexity index is 948. The molecule has 0 fully saturated rings. The van der Waals surface area contributed by atoms with Crippen LogP contribution in [0.15, 0.2) is 46.7 Å². The van der Waals surface area contributed by atoms with Crippen molar-refractivity contribution in [3.63, 3.8) is 0 Å². The molecule has 1 amide bonds. The second-order valence-corrected chi connectivity index (χ2v) is 8.90. The van der Waals surface area contributed by atoms with Crippen LogP contribution in [-0.2, 0) is 24.3 Å². The number of thiophene rings is 1. The zero-order valence-corrected chi connectivity index (χ0v) is 16.8. The fourth-order valence-electron chi connectivity index (χ4n) is 2.01. The van der Waals surface area contributed by atoms with Crippen molar-refractivity contribution in [2.24, 2.45) is 0 Å². The van der Waals surface area contributed by atoms with E-state index < -0.39 is 28.5 Å². The van der Waals surface area contributed by atoms with Crippen LogP contribution in [0.5, 0.6) is 0 Å². The number of carbonyl (C=O) groups is 2. The third-order valence-corrected chi connectivity index (χ3v) is 6.18. The van der Waals surface area contributed by atoms with Crippen LogP contribution in [0.1, 0.15) is 10.4 Å². The molecule has 27 heavy (non-hydrogen) atoms. The van der Waals surface area contributed by atoms with Crippen molar-refractivity contribution in [3.05, 3.63) is 52.2 Å². The largest absolute Gasteiger partial charge is 0.452 e. The Morgan fingerprint density at radius 3 is 2.63 bits per heavy atom. The van der Waals surface area contributed by atoms with E-state index in [1.54, 1.807) is 19.1 Å². The molecule has 1 heterocycles. The maximum absolute atomic E-state index is 12.2. The molecule has 0 atom stereocenters. The molecule has 2 rings (SSSR count). The lowest BCUT2D eigenvalue weighted by Crippen LogP contribution is -2.23. The quantitative estimate of drug-likeness (QED) is 0.561. The Labute approximate surface area is 162 Å². The molecule has 9 heteroatoms. The van der Waals surface area contributed by atoms with Crippen LogP contribution in [0, 0.1) is 6.92 Å². The highest BCUT2D eigenvalue weighted by atomic mass is 32.2. The number of nitrogens with one attached hydrogen (secondary N) is 1. The topological polar surface area (TPSA) is 92.8 Å². The summed E-state index contributed by atoms with van der Waals surface area (Å²) >= 11 is 1.47. The monoisotopic (exact) mass is 408 g/mol. The lowest BCUT2D eigenvalue weighted by Gasteiger charge is -2.14. The van der Waals surface area contributed by atoms with Gasteiger partial charge in [-0.15, -0.1) is 11.3 Å². The van der Waals surface area contributed by atoms with Gasteiger partial charge in [0.2, 0.25) is 10.0 Å². The number of ether oxygens (including phenoxy) is 1. The van der Waals surface area contributed by atoms with Crippen molar-refractivity contribution in [1.29, 1.82) is 0 Å². The summed E-state index contributed by atoms with van der Waals surface area (Å²) in [5.74, 6) is -1.20. The standard InChI is InChI=1S/C18H20N2O5S2/c1-13-6-8-15(27(23,24)20(2)3)11-16(13)19-17(21)12-25-18(22)9-7-14-5-4-10-26-14/h4-11H,12H2,1-3H3,(H,19,21). The van der Waals surface area contributed by atoms with E-state index >= 15 is 0 Å². The number of benzene rings is 1. The summed E-state index contributed by atoms with van der Waals surface area (Å²) in [6, 6.07) is 8.15. The minimum Gasteiger partial charge on any atom is -0.452 e. The Hall–Kier alpha value is -2.49. The third kappa shape index (κ3) is 5.75. The predicted octanol–water partition coefficient (Wildman–Crippen LogP) is 2.50. The van der Waals surface area contributed by atoms with E-state index in [0.29, 0.717) is 11.3 Å². The number of esters is 1. The number of aryl methyl sites for hydroxylation is 1. The van der Waals surface area contributed by atoms with Gasteiger partial charge in [0.05, 0.1) is 4.90 Å². The third-order valence-electron chi connectivity index (χ3n) is 3.53. The van der Waals surface area contributed by atoms with Crippen molar-refractivity contribution < 1.29 is 22.7 Å². The van der Waals surface area contributed by atoms with Crippen LogP contribution in [0.3, 0.4) is 0 Å². The molecule has 0 aliphatic heterocycles. The number of hydrogen-bond acceptors (Lipinski definition) is 6. The molecule has 7 nitrogen and oxygen atoms in total. The minimum atomic E-state index is -3.62. The van der Waals surface area contributed by atoms with Gasteiger partial charge in [0, 0.05) is 30.7 Å². The first-order valence-corrected chi connectivity index (χ1v) is 10.2. The van der Waals surface area contributed by atoms with Crippen molar-refractivity contribution >= 4 is 45.0 Å². The van der Waals surface area contributed by atoms with E-state index in [4.69, 9.17) is 4.74 Å². The molecule has 0 bridgehead atoms. The molecule has 0 saturated carbocycles. The molecule has 1 aromatic heterocycles. The molecular weight excluding hydrogens is 388 g/mol. The van der Waals surface area contributed by atoms with E-state index in [2.05, 4.69) is 5.32 Å². The maximum atomic E-state index is 12.2. The summed E-state index contributed by atoms with van der Waals surface area (Å²) in [5, 5.41) is 4.45. The van der Waals surface area contributed by atoms with Gasteiger partial charge in [-0.2, -0.15) is 0 Å². The fraction of sp³-hybridized carbons (Fsp3) is 0.222. The highest BCUT2D eigenvalue weighted by Crippen LogP contribution is 2.22. The van der Waals surface area contributed by atoms with Crippen molar-refractivity contribution in [1.82, 2.24) is 4.31 Å². The molecule has 0 aliphatic carbocycles. The molecular formula is C18H20N2O5S2. The molecule has 144 valence electrons. The number of hydrogen-bond donors (Lipinski definition) is 1. The first-order valence-electron chi connectivity index (χ1n) is 7.91. The Kier molecular flexibility index (Phi) is 6.89. The lowest BCUT2D eigenvalue weighted by molar-refractivity contribution is -0.142. The molecule has 0 spiro atoms. The molecule has 1 N–H and O–H groups in total. The second kappa shape index (κ2) is 8.94. The summed E-state index contributed by atoms with van der Waals surface area (Å²) in [5.41, 5.74) is 1.03. The molecule has 2 aromatic rings. The fourth-order valence-corrected chi connectivity index (χ4v) is 3.56. The van der Waals surface area contributed by atoms with Gasteiger partial charge in [0.1, 0.15) is 0 Å². The number of rotatable bonds is 7. The molecule has 1 aromatic carbocycles. The summed E-state index contributed by atoms with van der Waals surface area (Å²) in [6.45, 7) is 1.26. The van der Waals surface area contributed by atoms with Gasteiger partial charge >= 0.3 is 5.97 Å². The van der Waals surface area contributed by atoms with E-state index in [1.807, 2.05) is 17.5 Å². The Balaban J connectivity index is 1.98. The van der Waals surface area contributed by atoms with E-state index in [1.165, 1.54) is 43.6 Å². The van der Waals surface area contributed by atoms with Gasteiger partial charge in [-0.3, -0.25) is 4.79 Å². The van der Waals surface area contributed by atoms with Crippen LogP contribution in [-0.4, -0.2) is 45.3 Å². The number of anilines is 1. The minimum absolute atomic E-state index is 0.0595. The van der Waals surface area contributed by atoms with Gasteiger partial charge in [0.25, 0.3) is 5.91 Å². The van der Waals surface area contributed by atoms with Gasteiger partial charge < -0.3 is 10.1 Å². The zero-order valence-electron chi connectivity index (χ0n) is 15.1. The van der Waals surface area contributed by atoms with Crippen LogP contribution in [0.2, 0.25) is 0 Å². The lowest BCUT2D eigenvalue weighted by atomic mass is 10.2. The summed E-state index contributed by atoms with van der Waals surface area (Å²) < 4.78 is 30.4. The van der Waals surface area contributed by atoms with Crippen molar-refractivity contribution in [2.75, 3.05) is 26.0 Å². The van der Waals surface area contributed by atoms with Crippen molar-refractivity contribution in [3.8, 4) is 0 Å². The average molecular weight is 409 g/mol. The van der Waals surface area contributed by atoms with E-state index in [9.17, 15) is 18.0 Å². The SMILES string of the molecule is Cc1ccc(S(=O)(=O)N(C)C)cc1NC(=O)COC(=O)C=Cc1cccs1. The van der Waals surface area contributed by atoms with Crippen LogP contribution < -0.4 is 5.32 Å². The Morgan fingerprint density at radius 2 is 2.00 bits per heavy atom. The summed E-state index contributed by atoms with van der Waals surface area (Å²) in [7, 11) is -0.764. The highest BCUT2D eigenvalue weighted by Gasteiger charge is 2.18. The average Bonchev–Trinajstić information content (AvgIpc) is 3.13. The predicted molar refractivity (Wildman–Crippen MR) is 105 cm³/mol. The van der Waals surface area contributed by atoms with E-state index in [0.717, 1.165) is 9.18 Å². The second-order valence-electron chi connectivity index (χ2n) is 5.77. The summed E-state index contributed by atoms with van der Waals surface area (Å²) in [6.07, 6.45) is 2.85. The smallest absolute Gasteiger partial charge is 0.331 e. The van der Waals surface area contributed by atoms with Crippen LogP contribution in [0.25, 0.3) is 6.08 Å². The molecule has 0 radical (unpaired) electrons. The first kappa shape index (κ1) is 20.8. The number of carbonyl (C=O) groups excluding carboxylic acids is 2. The number of sulfonamides is 1. The van der Waals surface area contributed by atoms with Crippen LogP contribution in [0.4, 0.5) is 5.69 Å². The molecule has 0 aliphatic rings. The van der Waals surface area contributed by atoms with Gasteiger partial charge in [-0.1, -0.05) is 12.1 Å². The van der Waals surface area contributed by atoms with Gasteiger partial charge in [-0.25, -0.2) is 17.5 Å². The highest BCUT2D eigenvalue weighted by molar-refractivity contribution is 7.89. The normalized spacial score (nSPS) is 11.7. The zero-order chi connectivity index (χ0) is 20.0. The van der Waals surface area contributed by atoms with Gasteiger partial charge in [-0.05, 0) is 42.1 Å². The Morgan fingerprint density at radius 1 is 1.26 bits per heavy atom. The van der Waals surface area contributed by atoms with Crippen LogP contribution >= 0.6 is 11.3 Å². The first-order chi connectivity index (χ1) is 12.7. The van der Waals surface area contributed by atoms with E-state index in [-0.39, 0.29) is 4.90 Å². The number of amides is 1. The number of nitrogens with zero attached hydrogens (tertiary/aromatic N) is 1. The summed E-state index contributed by atoms with van der Waals surface area (Å²) in [4.78, 5) is 24.6. The van der Waals surface area contributed by atoms with Crippen molar-refractivity contribution in [2.45, 2.75) is 11.8 Å². The maximum Gasteiger partial charge on any atom is 0.331 e. The molecule has 0 unspecified atom stereocenters.